The molecule has 0 heterocycles. The van der Waals surface area contributed by atoms with Gasteiger partial charge in [-0.25, -0.2) is 8.42 Å². The van der Waals surface area contributed by atoms with Crippen molar-refractivity contribution in [2.75, 3.05) is 17.1 Å². The Morgan fingerprint density at radius 1 is 0.884 bits per heavy atom. The van der Waals surface area contributed by atoms with Gasteiger partial charge in [0.15, 0.2) is 0 Å². The second-order valence-corrected chi connectivity index (χ2v) is 13.6. The minimum atomic E-state index is -3.55. The number of aryl methyl sites for hydroxylation is 2. The molecule has 1 saturated carbocycles. The maximum Gasteiger partial charge on any atom is 0.243 e. The maximum absolute atomic E-state index is 14.0. The van der Waals surface area contributed by atoms with E-state index >= 15 is 0 Å². The van der Waals surface area contributed by atoms with Crippen LogP contribution >= 0.6 is 0 Å². The molecule has 1 unspecified atom stereocenters. The lowest BCUT2D eigenvalue weighted by Crippen LogP contribution is -2.52. The van der Waals surface area contributed by atoms with E-state index in [0.717, 1.165) is 54.4 Å². The highest BCUT2D eigenvalue weighted by Crippen LogP contribution is 2.22. The van der Waals surface area contributed by atoms with Crippen molar-refractivity contribution in [3.05, 3.63) is 101 Å². The summed E-state index contributed by atoms with van der Waals surface area (Å²) >= 11 is 0. The van der Waals surface area contributed by atoms with E-state index in [2.05, 4.69) is 12.2 Å². The number of nitrogens with zero attached hydrogens (tertiary/aromatic N) is 2. The maximum atomic E-state index is 14.0. The van der Waals surface area contributed by atoms with Crippen LogP contribution in [0.25, 0.3) is 0 Å². The molecule has 230 valence electrons. The minimum absolute atomic E-state index is 0.118. The zero-order chi connectivity index (χ0) is 30.8. The summed E-state index contributed by atoms with van der Waals surface area (Å²) in [6.45, 7) is 4.54. The molecule has 0 saturated heterocycles. The minimum Gasteiger partial charge on any atom is -0.352 e. The normalized spacial score (nSPS) is 14.3. The molecule has 1 aliphatic carbocycles. The highest BCUT2D eigenvalue weighted by Gasteiger charge is 2.32. The fourth-order valence-electron chi connectivity index (χ4n) is 5.71. The summed E-state index contributed by atoms with van der Waals surface area (Å²) in [6.07, 6.45) is 7.00. The average Bonchev–Trinajstić information content (AvgIpc) is 3.51. The van der Waals surface area contributed by atoms with Gasteiger partial charge in [-0.3, -0.25) is 13.9 Å². The van der Waals surface area contributed by atoms with Crippen molar-refractivity contribution in [1.29, 1.82) is 0 Å². The van der Waals surface area contributed by atoms with Gasteiger partial charge in [-0.15, -0.1) is 0 Å². The predicted octanol–water partition coefficient (Wildman–Crippen LogP) is 5.80. The molecular formula is C35H45N3O4S. The summed E-state index contributed by atoms with van der Waals surface area (Å²) < 4.78 is 26.8. The van der Waals surface area contributed by atoms with Crippen LogP contribution in [0.5, 0.6) is 0 Å². The third-order valence-electron chi connectivity index (χ3n) is 8.23. The number of benzene rings is 3. The van der Waals surface area contributed by atoms with Gasteiger partial charge in [0, 0.05) is 32.0 Å². The second-order valence-electron chi connectivity index (χ2n) is 11.7. The highest BCUT2D eigenvalue weighted by molar-refractivity contribution is 7.92. The topological polar surface area (TPSA) is 86.8 Å². The Balaban J connectivity index is 1.57. The molecule has 0 radical (unpaired) electrons. The van der Waals surface area contributed by atoms with E-state index in [-0.39, 0.29) is 30.8 Å². The van der Waals surface area contributed by atoms with E-state index in [1.54, 1.807) is 4.90 Å². The fraction of sp³-hybridized carbons (Fsp3) is 0.429. The van der Waals surface area contributed by atoms with Crippen molar-refractivity contribution in [3.8, 4) is 0 Å². The number of nitrogens with one attached hydrogen (secondary N) is 1. The SMILES string of the molecule is CCc1ccc(N(CCCC(=O)N(Cc2ccc(C)cc2)C(Cc2ccccc2)C(=O)NC2CCCC2)S(C)(=O)=O)cc1. The molecule has 1 aliphatic rings. The quantitative estimate of drug-likeness (QED) is 0.252. The van der Waals surface area contributed by atoms with E-state index in [4.69, 9.17) is 0 Å². The number of anilines is 1. The van der Waals surface area contributed by atoms with Crippen molar-refractivity contribution in [1.82, 2.24) is 10.2 Å². The molecule has 3 aromatic carbocycles. The molecule has 2 amide bonds. The van der Waals surface area contributed by atoms with Gasteiger partial charge < -0.3 is 10.2 Å². The molecular weight excluding hydrogens is 558 g/mol. The summed E-state index contributed by atoms with van der Waals surface area (Å²) in [5.41, 5.74) is 4.75. The van der Waals surface area contributed by atoms with Gasteiger partial charge in [0.25, 0.3) is 0 Å². The van der Waals surface area contributed by atoms with E-state index < -0.39 is 16.1 Å². The standard InChI is InChI=1S/C35H45N3O4S/c1-4-28-20-22-32(23-21-28)38(43(3,41)42)24-10-15-34(39)37(26-30-18-16-27(2)17-19-30)33(25-29-11-6-5-7-12-29)35(40)36-31-13-8-9-14-31/h5-7,11-12,16-23,31,33H,4,8-10,13-15,24-26H2,1-3H3,(H,36,40). The van der Waals surface area contributed by atoms with Gasteiger partial charge in [0.05, 0.1) is 11.9 Å². The van der Waals surface area contributed by atoms with Crippen LogP contribution in [0.4, 0.5) is 5.69 Å². The largest absolute Gasteiger partial charge is 0.352 e. The van der Waals surface area contributed by atoms with E-state index in [1.807, 2.05) is 85.8 Å². The zero-order valence-electron chi connectivity index (χ0n) is 25.7. The number of rotatable bonds is 14. The van der Waals surface area contributed by atoms with E-state index in [0.29, 0.717) is 25.1 Å². The smallest absolute Gasteiger partial charge is 0.243 e. The van der Waals surface area contributed by atoms with E-state index in [1.165, 1.54) is 10.6 Å². The van der Waals surface area contributed by atoms with Gasteiger partial charge in [-0.2, -0.15) is 0 Å². The van der Waals surface area contributed by atoms with Crippen molar-refractivity contribution < 1.29 is 18.0 Å². The third kappa shape index (κ3) is 9.42. The van der Waals surface area contributed by atoms with Crippen LogP contribution in [-0.2, 0) is 39.0 Å². The monoisotopic (exact) mass is 603 g/mol. The van der Waals surface area contributed by atoms with Gasteiger partial charge in [-0.1, -0.05) is 92.1 Å². The number of hydrogen-bond donors (Lipinski definition) is 1. The summed E-state index contributed by atoms with van der Waals surface area (Å²) in [4.78, 5) is 29.6. The first-order valence-electron chi connectivity index (χ1n) is 15.4. The number of carbonyl (C=O) groups is 2. The number of carbonyl (C=O) groups excluding carboxylic acids is 2. The lowest BCUT2D eigenvalue weighted by molar-refractivity contribution is -0.141. The van der Waals surface area contributed by atoms with Gasteiger partial charge >= 0.3 is 0 Å². The molecule has 0 spiro atoms. The van der Waals surface area contributed by atoms with Crippen LogP contribution in [0.3, 0.4) is 0 Å². The second kappa shape index (κ2) is 15.2. The lowest BCUT2D eigenvalue weighted by atomic mass is 10.0. The molecule has 1 fully saturated rings. The van der Waals surface area contributed by atoms with Gasteiger partial charge in [-0.05, 0) is 61.4 Å². The van der Waals surface area contributed by atoms with Gasteiger partial charge in [0.2, 0.25) is 21.8 Å². The van der Waals surface area contributed by atoms with Crippen LogP contribution < -0.4 is 9.62 Å². The highest BCUT2D eigenvalue weighted by atomic mass is 32.2. The lowest BCUT2D eigenvalue weighted by Gasteiger charge is -2.33. The zero-order valence-corrected chi connectivity index (χ0v) is 26.5. The molecule has 3 aromatic rings. The van der Waals surface area contributed by atoms with Crippen LogP contribution in [-0.4, -0.2) is 50.0 Å². The molecule has 43 heavy (non-hydrogen) atoms. The van der Waals surface area contributed by atoms with Crippen LogP contribution in [0.1, 0.15) is 67.7 Å². The Bertz CT molecular complexity index is 1430. The average molecular weight is 604 g/mol. The first-order valence-corrected chi connectivity index (χ1v) is 17.2. The van der Waals surface area contributed by atoms with E-state index in [9.17, 15) is 18.0 Å². The number of amides is 2. The molecule has 0 aromatic heterocycles. The predicted molar refractivity (Wildman–Crippen MR) is 173 cm³/mol. The third-order valence-corrected chi connectivity index (χ3v) is 9.42. The van der Waals surface area contributed by atoms with Crippen molar-refractivity contribution in [2.24, 2.45) is 0 Å². The molecule has 1 N–H and O–H groups in total. The number of sulfonamides is 1. The van der Waals surface area contributed by atoms with Crippen molar-refractivity contribution in [2.45, 2.75) is 83.8 Å². The van der Waals surface area contributed by atoms with Gasteiger partial charge in [0.1, 0.15) is 6.04 Å². The first-order chi connectivity index (χ1) is 20.6. The summed E-state index contributed by atoms with van der Waals surface area (Å²) in [7, 11) is -3.55. The summed E-state index contributed by atoms with van der Waals surface area (Å²) in [5, 5.41) is 3.23. The molecule has 1 atom stereocenters. The van der Waals surface area contributed by atoms with Crippen LogP contribution in [0.2, 0.25) is 0 Å². The first kappa shape index (κ1) is 32.3. The summed E-state index contributed by atoms with van der Waals surface area (Å²) in [6, 6.07) is 24.7. The van der Waals surface area contributed by atoms with Crippen molar-refractivity contribution in [3.63, 3.8) is 0 Å². The molecule has 0 bridgehead atoms. The van der Waals surface area contributed by atoms with Crippen LogP contribution in [0, 0.1) is 6.92 Å². The Morgan fingerprint density at radius 3 is 2.12 bits per heavy atom. The molecule has 0 aliphatic heterocycles. The Kier molecular flexibility index (Phi) is 11.4. The molecule has 8 heteroatoms. The fourth-order valence-corrected chi connectivity index (χ4v) is 6.68. The number of hydrogen-bond acceptors (Lipinski definition) is 4. The Hall–Kier alpha value is -3.65. The Morgan fingerprint density at radius 2 is 1.51 bits per heavy atom. The molecule has 7 nitrogen and oxygen atoms in total. The Labute approximate surface area is 257 Å². The van der Waals surface area contributed by atoms with Crippen LogP contribution in [0.15, 0.2) is 78.9 Å². The van der Waals surface area contributed by atoms with Crippen molar-refractivity contribution >= 4 is 27.5 Å². The molecule has 4 rings (SSSR count). The summed E-state index contributed by atoms with van der Waals surface area (Å²) in [5.74, 6) is -0.303.